The van der Waals surface area contributed by atoms with Gasteiger partial charge in [-0.25, -0.2) is 8.78 Å². The van der Waals surface area contributed by atoms with Crippen LogP contribution in [0.5, 0.6) is 0 Å². The molecule has 0 fully saturated rings. The summed E-state index contributed by atoms with van der Waals surface area (Å²) < 4.78 is 29.8. The maximum Gasteiger partial charge on any atom is 0.237 e. The number of anilines is 1. The molecule has 1 N–H and O–H groups in total. The second-order valence-corrected chi connectivity index (χ2v) is 9.00. The maximum atomic E-state index is 14.0. The Hall–Kier alpha value is -3.52. The summed E-state index contributed by atoms with van der Waals surface area (Å²) in [5.74, 6) is -1.57. The second kappa shape index (κ2) is 9.54. The van der Waals surface area contributed by atoms with Crippen LogP contribution in [0, 0.1) is 25.5 Å². The summed E-state index contributed by atoms with van der Waals surface area (Å²) in [7, 11) is 0. The highest BCUT2D eigenvalue weighted by Gasteiger charge is 2.23. The number of nitrogens with zero attached hydrogens (tertiary/aromatic N) is 3. The smallest absolute Gasteiger partial charge is 0.237 e. The van der Waals surface area contributed by atoms with E-state index in [-0.39, 0.29) is 0 Å². The molecular formula is C25H22F2N4OS. The Morgan fingerprint density at radius 3 is 2.09 bits per heavy atom. The number of hydrogen-bond acceptors (Lipinski definition) is 4. The highest BCUT2D eigenvalue weighted by molar-refractivity contribution is 8.00. The number of halogens is 2. The molecule has 5 nitrogen and oxygen atoms in total. The molecule has 0 aliphatic heterocycles. The Balaban J connectivity index is 1.66. The maximum absolute atomic E-state index is 14.0. The van der Waals surface area contributed by atoms with Crippen LogP contribution in [0.25, 0.3) is 17.1 Å². The average Bonchev–Trinajstić information content (AvgIpc) is 3.20. The van der Waals surface area contributed by atoms with Gasteiger partial charge in [0.05, 0.1) is 5.25 Å². The molecule has 1 heterocycles. The number of benzene rings is 3. The van der Waals surface area contributed by atoms with Gasteiger partial charge in [-0.3, -0.25) is 9.36 Å². The molecule has 1 amide bonds. The van der Waals surface area contributed by atoms with Crippen LogP contribution in [-0.4, -0.2) is 25.9 Å². The third-order valence-corrected chi connectivity index (χ3v) is 6.14. The van der Waals surface area contributed by atoms with Crippen LogP contribution < -0.4 is 5.32 Å². The molecule has 168 valence electrons. The van der Waals surface area contributed by atoms with Crippen molar-refractivity contribution in [3.8, 4) is 17.1 Å². The minimum atomic E-state index is -0.829. The molecule has 0 spiro atoms. The number of nitrogens with one attached hydrogen (secondary N) is 1. The van der Waals surface area contributed by atoms with E-state index in [1.54, 1.807) is 6.92 Å². The first kappa shape index (κ1) is 22.7. The quantitative estimate of drug-likeness (QED) is 0.358. The van der Waals surface area contributed by atoms with Crippen LogP contribution in [0.4, 0.5) is 14.5 Å². The summed E-state index contributed by atoms with van der Waals surface area (Å²) in [5, 5.41) is 10.8. The fourth-order valence-electron chi connectivity index (χ4n) is 3.22. The first-order valence-electron chi connectivity index (χ1n) is 10.3. The number of aryl methyl sites for hydroxylation is 2. The number of hydrogen-bond donors (Lipinski definition) is 1. The fraction of sp³-hybridized carbons (Fsp3) is 0.160. The van der Waals surface area contributed by atoms with E-state index in [0.29, 0.717) is 11.0 Å². The third-order valence-electron chi connectivity index (χ3n) is 5.10. The van der Waals surface area contributed by atoms with Gasteiger partial charge in [-0.15, -0.1) is 10.2 Å². The number of amides is 1. The van der Waals surface area contributed by atoms with Gasteiger partial charge >= 0.3 is 0 Å². The van der Waals surface area contributed by atoms with Gasteiger partial charge in [0.2, 0.25) is 5.91 Å². The van der Waals surface area contributed by atoms with Gasteiger partial charge in [-0.1, -0.05) is 65.4 Å². The zero-order valence-corrected chi connectivity index (χ0v) is 19.2. The van der Waals surface area contributed by atoms with Crippen LogP contribution in [0.1, 0.15) is 18.1 Å². The molecule has 4 rings (SSSR count). The SMILES string of the molecule is Cc1ccc(-c2nnc(SC(C)C(=O)Nc3c(F)cccc3F)n2-c2ccc(C)cc2)cc1. The van der Waals surface area contributed by atoms with Crippen molar-refractivity contribution in [3.05, 3.63) is 89.5 Å². The monoisotopic (exact) mass is 464 g/mol. The van der Waals surface area contributed by atoms with Gasteiger partial charge < -0.3 is 5.32 Å². The van der Waals surface area contributed by atoms with Crippen molar-refractivity contribution >= 4 is 23.4 Å². The summed E-state index contributed by atoms with van der Waals surface area (Å²) in [4.78, 5) is 12.7. The Labute approximate surface area is 194 Å². The lowest BCUT2D eigenvalue weighted by atomic mass is 10.1. The molecule has 0 radical (unpaired) electrons. The molecule has 0 bridgehead atoms. The minimum absolute atomic E-state index is 0.463. The van der Waals surface area contributed by atoms with E-state index in [2.05, 4.69) is 15.5 Å². The van der Waals surface area contributed by atoms with Crippen molar-refractivity contribution < 1.29 is 13.6 Å². The number of aromatic nitrogens is 3. The van der Waals surface area contributed by atoms with Crippen LogP contribution in [-0.2, 0) is 4.79 Å². The van der Waals surface area contributed by atoms with Gasteiger partial charge in [0, 0.05) is 11.3 Å². The van der Waals surface area contributed by atoms with Gasteiger partial charge in [0.1, 0.15) is 17.3 Å². The van der Waals surface area contributed by atoms with Crippen molar-refractivity contribution in [2.24, 2.45) is 0 Å². The Morgan fingerprint density at radius 1 is 0.909 bits per heavy atom. The number of carbonyl (C=O) groups excluding carboxylic acids is 1. The predicted octanol–water partition coefficient (Wildman–Crippen LogP) is 5.95. The summed E-state index contributed by atoms with van der Waals surface area (Å²) in [6.07, 6.45) is 0. The zero-order chi connectivity index (χ0) is 23.5. The predicted molar refractivity (Wildman–Crippen MR) is 127 cm³/mol. The minimum Gasteiger partial charge on any atom is -0.320 e. The van der Waals surface area contributed by atoms with Crippen LogP contribution >= 0.6 is 11.8 Å². The van der Waals surface area contributed by atoms with Crippen molar-refractivity contribution in [1.29, 1.82) is 0 Å². The Morgan fingerprint density at radius 2 is 1.48 bits per heavy atom. The normalized spacial score (nSPS) is 11.9. The molecule has 1 atom stereocenters. The average molecular weight is 465 g/mol. The third kappa shape index (κ3) is 4.96. The molecule has 0 aliphatic carbocycles. The highest BCUT2D eigenvalue weighted by atomic mass is 32.2. The largest absolute Gasteiger partial charge is 0.320 e. The lowest BCUT2D eigenvalue weighted by molar-refractivity contribution is -0.115. The van der Waals surface area contributed by atoms with Gasteiger partial charge in [0.15, 0.2) is 11.0 Å². The van der Waals surface area contributed by atoms with E-state index in [9.17, 15) is 13.6 Å². The van der Waals surface area contributed by atoms with E-state index in [1.165, 1.54) is 6.07 Å². The lowest BCUT2D eigenvalue weighted by Gasteiger charge is -2.15. The molecule has 1 aromatic heterocycles. The van der Waals surface area contributed by atoms with E-state index in [4.69, 9.17) is 0 Å². The topological polar surface area (TPSA) is 59.8 Å². The van der Waals surface area contributed by atoms with Gasteiger partial charge in [0.25, 0.3) is 0 Å². The van der Waals surface area contributed by atoms with E-state index >= 15 is 0 Å². The van der Waals surface area contributed by atoms with E-state index in [1.807, 2.05) is 66.9 Å². The molecule has 1 unspecified atom stereocenters. The molecule has 4 aromatic rings. The van der Waals surface area contributed by atoms with Crippen LogP contribution in [0.2, 0.25) is 0 Å². The van der Waals surface area contributed by atoms with Crippen molar-refractivity contribution in [1.82, 2.24) is 14.8 Å². The number of thioether (sulfide) groups is 1. The first-order valence-corrected chi connectivity index (χ1v) is 11.2. The summed E-state index contributed by atoms with van der Waals surface area (Å²) in [6.45, 7) is 5.66. The van der Waals surface area contributed by atoms with E-state index < -0.39 is 28.5 Å². The molecule has 3 aromatic carbocycles. The highest BCUT2D eigenvalue weighted by Crippen LogP contribution is 2.31. The number of para-hydroxylation sites is 1. The Bertz CT molecular complexity index is 1270. The van der Waals surface area contributed by atoms with Gasteiger partial charge in [-0.2, -0.15) is 0 Å². The van der Waals surface area contributed by atoms with Crippen LogP contribution in [0.3, 0.4) is 0 Å². The molecule has 0 aliphatic rings. The molecular weight excluding hydrogens is 442 g/mol. The van der Waals surface area contributed by atoms with Crippen LogP contribution in [0.15, 0.2) is 71.9 Å². The first-order chi connectivity index (χ1) is 15.8. The van der Waals surface area contributed by atoms with E-state index in [0.717, 1.165) is 46.3 Å². The zero-order valence-electron chi connectivity index (χ0n) is 18.3. The number of carbonyl (C=O) groups is 1. The van der Waals surface area contributed by atoms with Crippen molar-refractivity contribution in [2.45, 2.75) is 31.2 Å². The summed E-state index contributed by atoms with van der Waals surface area (Å²) in [6, 6.07) is 19.3. The second-order valence-electron chi connectivity index (χ2n) is 7.69. The number of rotatable bonds is 6. The molecule has 8 heteroatoms. The van der Waals surface area contributed by atoms with Crippen molar-refractivity contribution in [2.75, 3.05) is 5.32 Å². The molecule has 0 saturated heterocycles. The molecule has 0 saturated carbocycles. The lowest BCUT2D eigenvalue weighted by Crippen LogP contribution is -2.24. The summed E-state index contributed by atoms with van der Waals surface area (Å²) >= 11 is 1.16. The standard InChI is InChI=1S/C25H22F2N4OS/c1-15-7-11-18(12-8-15)23-29-30-25(31(23)19-13-9-16(2)10-14-19)33-17(3)24(32)28-22-20(26)5-4-6-21(22)27/h4-14,17H,1-3H3,(H,28,32). The van der Waals surface area contributed by atoms with Crippen molar-refractivity contribution in [3.63, 3.8) is 0 Å². The van der Waals surface area contributed by atoms with Gasteiger partial charge in [-0.05, 0) is 45.0 Å². The summed E-state index contributed by atoms with van der Waals surface area (Å²) in [5.41, 5.74) is 3.50. The fourth-order valence-corrected chi connectivity index (χ4v) is 4.08. The Kier molecular flexibility index (Phi) is 6.55. The molecule has 33 heavy (non-hydrogen) atoms.